The highest BCUT2D eigenvalue weighted by Crippen LogP contribution is 2.44. The minimum Gasteiger partial charge on any atom is -0.497 e. The number of fused-ring (bicyclic) bond motifs is 1. The largest absolute Gasteiger partial charge is 0.497 e. The number of aromatic amines is 1. The zero-order valence-corrected chi connectivity index (χ0v) is 21.8. The molecule has 0 spiro atoms. The molecule has 1 unspecified atom stereocenters. The first kappa shape index (κ1) is 24.9. The number of nitrogens with one attached hydrogen (secondary N) is 1. The van der Waals surface area contributed by atoms with E-state index in [1.807, 2.05) is 77.7 Å². The molecule has 1 aliphatic heterocycles. The van der Waals surface area contributed by atoms with Gasteiger partial charge in [0.25, 0.3) is 5.91 Å². The summed E-state index contributed by atoms with van der Waals surface area (Å²) >= 11 is 6.49. The molecule has 37 heavy (non-hydrogen) atoms. The van der Waals surface area contributed by atoms with Crippen LogP contribution < -0.4 is 9.47 Å². The van der Waals surface area contributed by atoms with Gasteiger partial charge in [-0.3, -0.25) is 9.89 Å². The SMILES string of the molecule is CCCCCOc1ccc(C2c3c(-c4ccc(OC)cc4)n[nH]c3C(=O)N2Cc2ccccc2Cl)cc1. The van der Waals surface area contributed by atoms with Crippen molar-refractivity contribution in [3.63, 3.8) is 0 Å². The fourth-order valence-electron chi connectivity index (χ4n) is 4.77. The van der Waals surface area contributed by atoms with Gasteiger partial charge in [0.15, 0.2) is 0 Å². The van der Waals surface area contributed by atoms with Crippen LogP contribution in [0.15, 0.2) is 72.8 Å². The molecule has 6 nitrogen and oxygen atoms in total. The summed E-state index contributed by atoms with van der Waals surface area (Å²) in [5.41, 5.74) is 4.89. The average Bonchev–Trinajstić information content (AvgIpc) is 3.47. The molecule has 0 aliphatic carbocycles. The van der Waals surface area contributed by atoms with Crippen LogP contribution in [-0.2, 0) is 6.54 Å². The Labute approximate surface area is 222 Å². The van der Waals surface area contributed by atoms with Gasteiger partial charge in [-0.1, -0.05) is 61.7 Å². The van der Waals surface area contributed by atoms with Gasteiger partial charge < -0.3 is 14.4 Å². The van der Waals surface area contributed by atoms with Gasteiger partial charge in [0.05, 0.1) is 25.5 Å². The van der Waals surface area contributed by atoms with Crippen molar-refractivity contribution in [1.82, 2.24) is 15.1 Å². The highest BCUT2D eigenvalue weighted by atomic mass is 35.5. The fourth-order valence-corrected chi connectivity index (χ4v) is 4.97. The first-order valence-corrected chi connectivity index (χ1v) is 13.0. The highest BCUT2D eigenvalue weighted by Gasteiger charge is 2.42. The molecule has 1 aliphatic rings. The smallest absolute Gasteiger partial charge is 0.273 e. The molecule has 4 aromatic rings. The number of carbonyl (C=O) groups is 1. The van der Waals surface area contributed by atoms with E-state index in [1.54, 1.807) is 7.11 Å². The molecule has 1 N–H and O–H groups in total. The van der Waals surface area contributed by atoms with Gasteiger partial charge in [-0.05, 0) is 60.0 Å². The van der Waals surface area contributed by atoms with Crippen LogP contribution >= 0.6 is 11.6 Å². The summed E-state index contributed by atoms with van der Waals surface area (Å²) < 4.78 is 11.2. The van der Waals surface area contributed by atoms with Crippen molar-refractivity contribution in [1.29, 1.82) is 0 Å². The van der Waals surface area contributed by atoms with Crippen molar-refractivity contribution in [2.75, 3.05) is 13.7 Å². The number of benzene rings is 3. The number of halogens is 1. The minimum atomic E-state index is -0.330. The molecule has 3 aromatic carbocycles. The van der Waals surface area contributed by atoms with Crippen molar-refractivity contribution in [2.45, 2.75) is 38.8 Å². The third-order valence-corrected chi connectivity index (χ3v) is 7.11. The van der Waals surface area contributed by atoms with Gasteiger partial charge in [0.2, 0.25) is 0 Å². The lowest BCUT2D eigenvalue weighted by Gasteiger charge is -2.27. The van der Waals surface area contributed by atoms with E-state index < -0.39 is 0 Å². The first-order chi connectivity index (χ1) is 18.1. The molecule has 1 atom stereocenters. The van der Waals surface area contributed by atoms with Crippen LogP contribution in [0.25, 0.3) is 11.3 Å². The van der Waals surface area contributed by atoms with E-state index in [2.05, 4.69) is 17.1 Å². The van der Waals surface area contributed by atoms with Crippen LogP contribution in [0.5, 0.6) is 11.5 Å². The monoisotopic (exact) mass is 515 g/mol. The number of rotatable bonds is 10. The van der Waals surface area contributed by atoms with Crippen molar-refractivity contribution in [3.8, 4) is 22.8 Å². The Hall–Kier alpha value is -3.77. The number of methoxy groups -OCH3 is 1. The van der Waals surface area contributed by atoms with E-state index in [1.165, 1.54) is 0 Å². The van der Waals surface area contributed by atoms with Gasteiger partial charge in [0.1, 0.15) is 17.2 Å². The second-order valence-electron chi connectivity index (χ2n) is 9.14. The van der Waals surface area contributed by atoms with Crippen LogP contribution in [-0.4, -0.2) is 34.7 Å². The Balaban J connectivity index is 1.52. The Morgan fingerprint density at radius 1 is 0.973 bits per heavy atom. The maximum Gasteiger partial charge on any atom is 0.273 e. The molecule has 0 saturated heterocycles. The van der Waals surface area contributed by atoms with Gasteiger partial charge in [-0.2, -0.15) is 5.10 Å². The molecule has 2 heterocycles. The molecule has 1 aromatic heterocycles. The van der Waals surface area contributed by atoms with E-state index in [4.69, 9.17) is 21.1 Å². The predicted octanol–water partition coefficient (Wildman–Crippen LogP) is 7.05. The Morgan fingerprint density at radius 3 is 2.41 bits per heavy atom. The number of hydrogen-bond acceptors (Lipinski definition) is 4. The van der Waals surface area contributed by atoms with Gasteiger partial charge in [0, 0.05) is 22.7 Å². The molecule has 7 heteroatoms. The third kappa shape index (κ3) is 5.07. The lowest BCUT2D eigenvalue weighted by atomic mass is 9.95. The number of hydrogen-bond donors (Lipinski definition) is 1. The maximum absolute atomic E-state index is 13.7. The maximum atomic E-state index is 13.7. The van der Waals surface area contributed by atoms with E-state index in [9.17, 15) is 4.79 Å². The van der Waals surface area contributed by atoms with Crippen LogP contribution in [0, 0.1) is 0 Å². The molecule has 0 saturated carbocycles. The Morgan fingerprint density at radius 2 is 1.70 bits per heavy atom. The number of H-pyrrole nitrogens is 1. The topological polar surface area (TPSA) is 67.5 Å². The van der Waals surface area contributed by atoms with Crippen molar-refractivity contribution < 1.29 is 14.3 Å². The summed E-state index contributed by atoms with van der Waals surface area (Å²) in [4.78, 5) is 15.5. The molecule has 0 radical (unpaired) electrons. The van der Waals surface area contributed by atoms with Gasteiger partial charge in [-0.15, -0.1) is 0 Å². The molecule has 0 fully saturated rings. The summed E-state index contributed by atoms with van der Waals surface area (Å²) in [6, 6.07) is 23.0. The van der Waals surface area contributed by atoms with Crippen LogP contribution in [0.1, 0.15) is 59.4 Å². The second-order valence-corrected chi connectivity index (χ2v) is 9.55. The normalized spacial score (nSPS) is 14.6. The summed E-state index contributed by atoms with van der Waals surface area (Å²) in [7, 11) is 1.64. The van der Waals surface area contributed by atoms with E-state index in [0.717, 1.165) is 58.7 Å². The molecule has 0 bridgehead atoms. The van der Waals surface area contributed by atoms with Gasteiger partial charge >= 0.3 is 0 Å². The summed E-state index contributed by atoms with van der Waals surface area (Å²) in [5, 5.41) is 8.21. The fraction of sp³-hybridized carbons (Fsp3) is 0.267. The third-order valence-electron chi connectivity index (χ3n) is 6.74. The zero-order valence-electron chi connectivity index (χ0n) is 21.0. The summed E-state index contributed by atoms with van der Waals surface area (Å²) in [6.07, 6.45) is 3.34. The minimum absolute atomic E-state index is 0.105. The van der Waals surface area contributed by atoms with E-state index >= 15 is 0 Å². The number of unbranched alkanes of at least 4 members (excludes halogenated alkanes) is 2. The van der Waals surface area contributed by atoms with E-state index in [-0.39, 0.29) is 11.9 Å². The lowest BCUT2D eigenvalue weighted by Crippen LogP contribution is -2.29. The molecular weight excluding hydrogens is 486 g/mol. The van der Waals surface area contributed by atoms with E-state index in [0.29, 0.717) is 23.9 Å². The predicted molar refractivity (Wildman–Crippen MR) is 145 cm³/mol. The standard InChI is InChI=1S/C30H30ClN3O3/c1-3-4-7-18-37-24-16-12-21(13-17-24)29-26-27(20-10-14-23(36-2)15-11-20)32-33-28(26)30(35)34(29)19-22-8-5-6-9-25(22)31/h5-6,8-17,29H,3-4,7,18-19H2,1-2H3,(H,32,33). The number of carbonyl (C=O) groups excluding carboxylic acids is 1. The lowest BCUT2D eigenvalue weighted by molar-refractivity contribution is 0.0730. The van der Waals surface area contributed by atoms with Crippen molar-refractivity contribution in [2.24, 2.45) is 0 Å². The average molecular weight is 516 g/mol. The molecule has 190 valence electrons. The number of ether oxygens (including phenoxy) is 2. The van der Waals surface area contributed by atoms with Crippen LogP contribution in [0.2, 0.25) is 5.02 Å². The van der Waals surface area contributed by atoms with Crippen LogP contribution in [0.4, 0.5) is 0 Å². The van der Waals surface area contributed by atoms with Crippen LogP contribution in [0.3, 0.4) is 0 Å². The molecule has 5 rings (SSSR count). The number of amides is 1. The van der Waals surface area contributed by atoms with Crippen molar-refractivity contribution in [3.05, 3.63) is 100 Å². The molecule has 1 amide bonds. The highest BCUT2D eigenvalue weighted by molar-refractivity contribution is 6.31. The first-order valence-electron chi connectivity index (χ1n) is 12.6. The molecular formula is C30H30ClN3O3. The Kier molecular flexibility index (Phi) is 7.47. The van der Waals surface area contributed by atoms with Crippen molar-refractivity contribution >= 4 is 17.5 Å². The zero-order chi connectivity index (χ0) is 25.8. The second kappa shape index (κ2) is 11.1. The summed E-state index contributed by atoms with van der Waals surface area (Å²) in [5.74, 6) is 1.48. The number of nitrogens with zero attached hydrogens (tertiary/aromatic N) is 2. The van der Waals surface area contributed by atoms with Gasteiger partial charge in [-0.25, -0.2) is 0 Å². The number of aromatic nitrogens is 2. The summed E-state index contributed by atoms with van der Waals surface area (Å²) in [6.45, 7) is 3.25. The Bertz CT molecular complexity index is 1370. The quantitative estimate of drug-likeness (QED) is 0.230.